The Hall–Kier alpha value is -3.35. The van der Waals surface area contributed by atoms with E-state index in [0.29, 0.717) is 11.3 Å². The van der Waals surface area contributed by atoms with Gasteiger partial charge in [0.2, 0.25) is 5.91 Å². The Balaban J connectivity index is 2.01. The van der Waals surface area contributed by atoms with Crippen LogP contribution in [0.15, 0.2) is 48.5 Å². The van der Waals surface area contributed by atoms with Crippen molar-refractivity contribution in [2.24, 2.45) is 0 Å². The van der Waals surface area contributed by atoms with E-state index < -0.39 is 10.8 Å². The minimum atomic E-state index is -0.525. The van der Waals surface area contributed by atoms with E-state index >= 15 is 0 Å². The molecule has 0 fully saturated rings. The molecule has 0 heterocycles. The van der Waals surface area contributed by atoms with E-state index in [4.69, 9.17) is 0 Å². The van der Waals surface area contributed by atoms with Gasteiger partial charge in [0.25, 0.3) is 5.69 Å². The number of rotatable bonds is 4. The number of nitrogens with one attached hydrogen (secondary N) is 1. The summed E-state index contributed by atoms with van der Waals surface area (Å²) >= 11 is 0. The van der Waals surface area contributed by atoms with E-state index in [1.165, 1.54) is 54.6 Å². The molecule has 7 heteroatoms. The summed E-state index contributed by atoms with van der Waals surface area (Å²) in [4.78, 5) is 21.7. The largest absolute Gasteiger partial charge is 0.504 e. The second-order valence-corrected chi connectivity index (χ2v) is 4.37. The van der Waals surface area contributed by atoms with E-state index in [-0.39, 0.29) is 17.2 Å². The molecule has 0 aliphatic carbocycles. The van der Waals surface area contributed by atoms with Crippen molar-refractivity contribution in [1.29, 1.82) is 0 Å². The number of hydrogen-bond acceptors (Lipinski definition) is 5. The molecule has 0 radical (unpaired) electrons. The number of amides is 1. The fourth-order valence-electron chi connectivity index (χ4n) is 1.67. The molecule has 0 aromatic heterocycles. The minimum Gasteiger partial charge on any atom is -0.504 e. The van der Waals surface area contributed by atoms with E-state index in [1.807, 2.05) is 0 Å². The monoisotopic (exact) mass is 300 g/mol. The fraction of sp³-hybridized carbons (Fsp3) is 0. The topological polar surface area (TPSA) is 113 Å². The number of nitro benzene ring substituents is 1. The molecular formula is C15H12N2O5. The number of phenols is 2. The molecule has 2 aromatic rings. The van der Waals surface area contributed by atoms with Gasteiger partial charge in [-0.05, 0) is 35.9 Å². The van der Waals surface area contributed by atoms with Gasteiger partial charge in [0.05, 0.1) is 4.92 Å². The quantitative estimate of drug-likeness (QED) is 0.348. The van der Waals surface area contributed by atoms with Crippen LogP contribution in [0, 0.1) is 10.1 Å². The third-order valence-corrected chi connectivity index (χ3v) is 2.77. The van der Waals surface area contributed by atoms with Crippen molar-refractivity contribution in [2.75, 3.05) is 5.32 Å². The Labute approximate surface area is 125 Å². The van der Waals surface area contributed by atoms with Gasteiger partial charge in [-0.1, -0.05) is 6.07 Å². The molecule has 3 N–H and O–H groups in total. The van der Waals surface area contributed by atoms with Crippen LogP contribution in [0.25, 0.3) is 6.08 Å². The standard InChI is InChI=1S/C15H12N2O5/c18-13-7-1-10(9-14(13)19)2-8-15(20)16-11-3-5-12(6-4-11)17(21)22/h1-9,18-19H,(H,16,20)/b8-2+. The summed E-state index contributed by atoms with van der Waals surface area (Å²) < 4.78 is 0. The van der Waals surface area contributed by atoms with Crippen LogP contribution in [0.5, 0.6) is 11.5 Å². The van der Waals surface area contributed by atoms with Crippen molar-refractivity contribution in [3.05, 3.63) is 64.2 Å². The summed E-state index contributed by atoms with van der Waals surface area (Å²) in [6, 6.07) is 9.58. The second-order valence-electron chi connectivity index (χ2n) is 4.37. The van der Waals surface area contributed by atoms with Gasteiger partial charge in [0.15, 0.2) is 11.5 Å². The summed E-state index contributed by atoms with van der Waals surface area (Å²) in [5.41, 5.74) is 0.899. The SMILES string of the molecule is O=C(/C=C/c1ccc(O)c(O)c1)Nc1ccc([N+](=O)[O-])cc1. The number of non-ortho nitro benzene ring substituents is 1. The first-order valence-electron chi connectivity index (χ1n) is 6.21. The molecule has 0 saturated carbocycles. The van der Waals surface area contributed by atoms with Gasteiger partial charge in [0.1, 0.15) is 0 Å². The van der Waals surface area contributed by atoms with Crippen molar-refractivity contribution in [1.82, 2.24) is 0 Å². The van der Waals surface area contributed by atoms with Crippen molar-refractivity contribution in [3.63, 3.8) is 0 Å². The van der Waals surface area contributed by atoms with Crippen molar-refractivity contribution < 1.29 is 19.9 Å². The average molecular weight is 300 g/mol. The molecule has 0 aliphatic heterocycles. The molecule has 0 aliphatic rings. The maximum atomic E-state index is 11.7. The van der Waals surface area contributed by atoms with Crippen LogP contribution in [-0.4, -0.2) is 21.0 Å². The van der Waals surface area contributed by atoms with Crippen molar-refractivity contribution in [2.45, 2.75) is 0 Å². The number of carbonyl (C=O) groups excluding carboxylic acids is 1. The number of nitro groups is 1. The summed E-state index contributed by atoms with van der Waals surface area (Å²) in [5.74, 6) is -0.952. The number of phenolic OH excluding ortho intramolecular Hbond substituents is 2. The van der Waals surface area contributed by atoms with Crippen LogP contribution in [0.2, 0.25) is 0 Å². The van der Waals surface area contributed by atoms with Crippen LogP contribution in [0.3, 0.4) is 0 Å². The molecule has 112 valence electrons. The summed E-state index contributed by atoms with van der Waals surface area (Å²) in [6.45, 7) is 0. The zero-order valence-electron chi connectivity index (χ0n) is 11.3. The van der Waals surface area contributed by atoms with Crippen LogP contribution in [0.4, 0.5) is 11.4 Å². The summed E-state index contributed by atoms with van der Waals surface area (Å²) in [7, 11) is 0. The third kappa shape index (κ3) is 3.83. The number of carbonyl (C=O) groups is 1. The maximum absolute atomic E-state index is 11.7. The van der Waals surface area contributed by atoms with E-state index in [1.54, 1.807) is 0 Å². The second kappa shape index (κ2) is 6.40. The van der Waals surface area contributed by atoms with Gasteiger partial charge in [-0.25, -0.2) is 0 Å². The van der Waals surface area contributed by atoms with Crippen LogP contribution in [-0.2, 0) is 4.79 Å². The molecule has 1 amide bonds. The first kappa shape index (κ1) is 15.0. The first-order chi connectivity index (χ1) is 10.5. The number of nitrogens with zero attached hydrogens (tertiary/aromatic N) is 1. The number of anilines is 1. The van der Waals surface area contributed by atoms with Crippen molar-refractivity contribution >= 4 is 23.4 Å². The molecule has 2 aromatic carbocycles. The Kier molecular flexibility index (Phi) is 4.38. The fourth-order valence-corrected chi connectivity index (χ4v) is 1.67. The predicted molar refractivity (Wildman–Crippen MR) is 80.5 cm³/mol. The number of benzene rings is 2. The van der Waals surface area contributed by atoms with Gasteiger partial charge in [-0.2, -0.15) is 0 Å². The lowest BCUT2D eigenvalue weighted by Gasteiger charge is -2.02. The smallest absolute Gasteiger partial charge is 0.269 e. The number of hydrogen-bond donors (Lipinski definition) is 3. The lowest BCUT2D eigenvalue weighted by atomic mass is 10.2. The van der Waals surface area contributed by atoms with Crippen LogP contribution in [0.1, 0.15) is 5.56 Å². The molecule has 0 bridgehead atoms. The molecule has 2 rings (SSSR count). The van der Waals surface area contributed by atoms with Gasteiger partial charge >= 0.3 is 0 Å². The third-order valence-electron chi connectivity index (χ3n) is 2.77. The zero-order valence-corrected chi connectivity index (χ0v) is 11.3. The molecular weight excluding hydrogens is 288 g/mol. The highest BCUT2D eigenvalue weighted by Gasteiger charge is 2.05. The average Bonchev–Trinajstić information content (AvgIpc) is 2.49. The minimum absolute atomic E-state index is 0.0619. The highest BCUT2D eigenvalue weighted by molar-refractivity contribution is 6.02. The summed E-state index contributed by atoms with van der Waals surface area (Å²) in [5, 5.41) is 31.6. The molecule has 0 atom stereocenters. The van der Waals surface area contributed by atoms with E-state index in [2.05, 4.69) is 5.32 Å². The normalized spacial score (nSPS) is 10.5. The van der Waals surface area contributed by atoms with E-state index in [0.717, 1.165) is 0 Å². The number of aromatic hydroxyl groups is 2. The van der Waals surface area contributed by atoms with Crippen molar-refractivity contribution in [3.8, 4) is 11.5 Å². The molecule has 7 nitrogen and oxygen atoms in total. The molecule has 0 unspecified atom stereocenters. The Bertz CT molecular complexity index is 738. The first-order valence-corrected chi connectivity index (χ1v) is 6.21. The summed E-state index contributed by atoms with van der Waals surface area (Å²) in [6.07, 6.45) is 2.70. The zero-order chi connectivity index (χ0) is 16.1. The maximum Gasteiger partial charge on any atom is 0.269 e. The van der Waals surface area contributed by atoms with Gasteiger partial charge in [-0.3, -0.25) is 14.9 Å². The van der Waals surface area contributed by atoms with Gasteiger partial charge in [0, 0.05) is 23.9 Å². The van der Waals surface area contributed by atoms with Gasteiger partial charge < -0.3 is 15.5 Å². The highest BCUT2D eigenvalue weighted by Crippen LogP contribution is 2.25. The van der Waals surface area contributed by atoms with Gasteiger partial charge in [-0.15, -0.1) is 0 Å². The Morgan fingerprint density at radius 1 is 1.09 bits per heavy atom. The lowest BCUT2D eigenvalue weighted by molar-refractivity contribution is -0.384. The van der Waals surface area contributed by atoms with Crippen LogP contribution < -0.4 is 5.32 Å². The van der Waals surface area contributed by atoms with E-state index in [9.17, 15) is 25.1 Å². The highest BCUT2D eigenvalue weighted by atomic mass is 16.6. The Morgan fingerprint density at radius 3 is 2.36 bits per heavy atom. The predicted octanol–water partition coefficient (Wildman–Crippen LogP) is 2.66. The Morgan fingerprint density at radius 2 is 1.77 bits per heavy atom. The lowest BCUT2D eigenvalue weighted by Crippen LogP contribution is -2.07. The molecule has 0 spiro atoms. The molecule has 22 heavy (non-hydrogen) atoms. The molecule has 0 saturated heterocycles. The van der Waals surface area contributed by atoms with Crippen LogP contribution >= 0.6 is 0 Å².